The van der Waals surface area contributed by atoms with E-state index < -0.39 is 5.54 Å². The minimum Gasteiger partial charge on any atom is -0.347 e. The Bertz CT molecular complexity index is 262. The number of hydrogen-bond acceptors (Lipinski definition) is 3. The second kappa shape index (κ2) is 5.84. The van der Waals surface area contributed by atoms with Gasteiger partial charge in [-0.2, -0.15) is 0 Å². The van der Waals surface area contributed by atoms with Crippen molar-refractivity contribution >= 4 is 11.8 Å². The van der Waals surface area contributed by atoms with Gasteiger partial charge in [0, 0.05) is 20.6 Å². The molecule has 0 rings (SSSR count). The number of hydrogen-bond donors (Lipinski definition) is 1. The highest BCUT2D eigenvalue weighted by Crippen LogP contribution is 2.09. The summed E-state index contributed by atoms with van der Waals surface area (Å²) in [6.45, 7) is 5.98. The Hall–Kier alpha value is -1.10. The van der Waals surface area contributed by atoms with Crippen molar-refractivity contribution in [3.05, 3.63) is 0 Å². The summed E-state index contributed by atoms with van der Waals surface area (Å²) in [6, 6.07) is 0. The third kappa shape index (κ3) is 3.81. The summed E-state index contributed by atoms with van der Waals surface area (Å²) < 4.78 is 0. The van der Waals surface area contributed by atoms with Gasteiger partial charge in [-0.3, -0.25) is 9.59 Å². The van der Waals surface area contributed by atoms with Crippen molar-refractivity contribution in [2.24, 2.45) is 5.73 Å². The van der Waals surface area contributed by atoms with E-state index in [9.17, 15) is 9.59 Å². The lowest BCUT2D eigenvalue weighted by Gasteiger charge is -2.30. The third-order valence-corrected chi connectivity index (χ3v) is 2.72. The van der Waals surface area contributed by atoms with E-state index in [1.165, 1.54) is 9.80 Å². The summed E-state index contributed by atoms with van der Waals surface area (Å²) in [5.74, 6) is -0.269. The highest BCUT2D eigenvalue weighted by atomic mass is 16.2. The van der Waals surface area contributed by atoms with E-state index in [-0.39, 0.29) is 18.4 Å². The molecule has 16 heavy (non-hydrogen) atoms. The summed E-state index contributed by atoms with van der Waals surface area (Å²) in [4.78, 5) is 26.5. The molecule has 0 aromatic heterocycles. The Balaban J connectivity index is 4.63. The second-order valence-corrected chi connectivity index (χ2v) is 4.38. The van der Waals surface area contributed by atoms with Crippen LogP contribution in [-0.4, -0.2) is 54.3 Å². The molecule has 1 unspecified atom stereocenters. The maximum Gasteiger partial charge on any atom is 0.242 e. The Morgan fingerprint density at radius 2 is 1.75 bits per heavy atom. The van der Waals surface area contributed by atoms with Gasteiger partial charge in [0.15, 0.2) is 0 Å². The second-order valence-electron chi connectivity index (χ2n) is 4.38. The molecular weight excluding hydrogens is 206 g/mol. The van der Waals surface area contributed by atoms with Crippen LogP contribution in [0.4, 0.5) is 0 Å². The van der Waals surface area contributed by atoms with Crippen molar-refractivity contribution in [3.63, 3.8) is 0 Å². The van der Waals surface area contributed by atoms with Crippen LogP contribution in [0.3, 0.4) is 0 Å². The molecule has 0 saturated heterocycles. The third-order valence-electron chi connectivity index (χ3n) is 2.72. The minimum absolute atomic E-state index is 0.0924. The van der Waals surface area contributed by atoms with E-state index in [1.807, 2.05) is 13.8 Å². The van der Waals surface area contributed by atoms with Crippen molar-refractivity contribution in [2.45, 2.75) is 32.7 Å². The van der Waals surface area contributed by atoms with Crippen LogP contribution < -0.4 is 5.73 Å². The molecule has 1 atom stereocenters. The van der Waals surface area contributed by atoms with Crippen LogP contribution in [-0.2, 0) is 9.59 Å². The molecular formula is C11H23N3O2. The molecule has 0 saturated carbocycles. The molecule has 0 aliphatic carbocycles. The van der Waals surface area contributed by atoms with Crippen LogP contribution >= 0.6 is 0 Å². The predicted molar refractivity (Wildman–Crippen MR) is 63.8 cm³/mol. The number of amides is 2. The van der Waals surface area contributed by atoms with Crippen LogP contribution in [0.1, 0.15) is 27.2 Å². The van der Waals surface area contributed by atoms with Gasteiger partial charge in [0.05, 0.1) is 12.1 Å². The molecule has 5 nitrogen and oxygen atoms in total. The lowest BCUT2D eigenvalue weighted by Crippen LogP contribution is -2.54. The number of nitrogens with two attached hydrogens (primary N) is 1. The molecule has 5 heteroatoms. The first kappa shape index (κ1) is 14.9. The fraction of sp³-hybridized carbons (Fsp3) is 0.818. The highest BCUT2D eigenvalue weighted by molar-refractivity contribution is 5.89. The van der Waals surface area contributed by atoms with Gasteiger partial charge >= 0.3 is 0 Å². The zero-order valence-electron chi connectivity index (χ0n) is 10.9. The molecule has 2 N–H and O–H groups in total. The summed E-state index contributed by atoms with van der Waals surface area (Å²) >= 11 is 0. The average Bonchev–Trinajstić information content (AvgIpc) is 2.24. The van der Waals surface area contributed by atoms with Gasteiger partial charge in [0.1, 0.15) is 0 Å². The lowest BCUT2D eigenvalue weighted by molar-refractivity contribution is -0.142. The van der Waals surface area contributed by atoms with Gasteiger partial charge in [0.25, 0.3) is 0 Å². The first-order valence-electron chi connectivity index (χ1n) is 5.54. The number of likely N-dealkylation sites (N-methyl/N-ethyl adjacent to an activating group) is 2. The Labute approximate surface area is 97.6 Å². The van der Waals surface area contributed by atoms with Crippen LogP contribution in [0.15, 0.2) is 0 Å². The van der Waals surface area contributed by atoms with Crippen LogP contribution in [0, 0.1) is 0 Å². The molecule has 0 fully saturated rings. The summed E-state index contributed by atoms with van der Waals surface area (Å²) in [5, 5.41) is 0. The van der Waals surface area contributed by atoms with E-state index in [1.54, 1.807) is 21.0 Å². The average molecular weight is 229 g/mol. The standard InChI is InChI=1S/C11H23N3O2/c1-6-11(3,12)10(16)14(7-2)8-9(15)13(4)5/h6-8,12H2,1-5H3. The molecule has 0 radical (unpaired) electrons. The summed E-state index contributed by atoms with van der Waals surface area (Å²) in [7, 11) is 3.34. The lowest BCUT2D eigenvalue weighted by atomic mass is 9.98. The van der Waals surface area contributed by atoms with E-state index in [4.69, 9.17) is 5.73 Å². The zero-order chi connectivity index (χ0) is 12.9. The van der Waals surface area contributed by atoms with Crippen LogP contribution in [0.5, 0.6) is 0 Å². The Kier molecular flexibility index (Phi) is 5.44. The first-order valence-corrected chi connectivity index (χ1v) is 5.54. The topological polar surface area (TPSA) is 66.6 Å². The molecule has 2 amide bonds. The fourth-order valence-electron chi connectivity index (χ4n) is 1.14. The molecule has 0 aromatic rings. The molecule has 0 aromatic carbocycles. The van der Waals surface area contributed by atoms with Gasteiger partial charge in [0.2, 0.25) is 11.8 Å². The van der Waals surface area contributed by atoms with E-state index in [0.29, 0.717) is 13.0 Å². The molecule has 0 spiro atoms. The monoisotopic (exact) mass is 229 g/mol. The van der Waals surface area contributed by atoms with Gasteiger partial charge in [-0.05, 0) is 20.3 Å². The molecule has 94 valence electrons. The fourth-order valence-corrected chi connectivity index (χ4v) is 1.14. The molecule has 0 heterocycles. The van der Waals surface area contributed by atoms with E-state index >= 15 is 0 Å². The van der Waals surface area contributed by atoms with Gasteiger partial charge in [-0.1, -0.05) is 6.92 Å². The van der Waals surface area contributed by atoms with Gasteiger partial charge in [-0.25, -0.2) is 0 Å². The number of rotatable bonds is 5. The number of nitrogens with zero attached hydrogens (tertiary/aromatic N) is 2. The van der Waals surface area contributed by atoms with E-state index in [0.717, 1.165) is 0 Å². The van der Waals surface area contributed by atoms with Crippen molar-refractivity contribution in [1.29, 1.82) is 0 Å². The largest absolute Gasteiger partial charge is 0.347 e. The SMILES string of the molecule is CCN(CC(=O)N(C)C)C(=O)C(C)(N)CC. The van der Waals surface area contributed by atoms with Crippen molar-refractivity contribution in [3.8, 4) is 0 Å². The quantitative estimate of drug-likeness (QED) is 0.724. The maximum absolute atomic E-state index is 12.0. The predicted octanol–water partition coefficient (Wildman–Crippen LogP) is 0.0505. The summed E-state index contributed by atoms with van der Waals surface area (Å²) in [5.41, 5.74) is 4.99. The van der Waals surface area contributed by atoms with E-state index in [2.05, 4.69) is 0 Å². The first-order chi connectivity index (χ1) is 7.26. The van der Waals surface area contributed by atoms with Crippen molar-refractivity contribution in [1.82, 2.24) is 9.80 Å². The Morgan fingerprint density at radius 1 is 1.25 bits per heavy atom. The normalized spacial score (nSPS) is 14.1. The van der Waals surface area contributed by atoms with Gasteiger partial charge < -0.3 is 15.5 Å². The summed E-state index contributed by atoms with van der Waals surface area (Å²) in [6.07, 6.45) is 0.554. The smallest absolute Gasteiger partial charge is 0.242 e. The van der Waals surface area contributed by atoms with Crippen LogP contribution in [0.2, 0.25) is 0 Å². The molecule has 0 bridgehead atoms. The zero-order valence-corrected chi connectivity index (χ0v) is 10.9. The molecule has 0 aliphatic heterocycles. The number of carbonyl (C=O) groups is 2. The van der Waals surface area contributed by atoms with Gasteiger partial charge in [-0.15, -0.1) is 0 Å². The highest BCUT2D eigenvalue weighted by Gasteiger charge is 2.31. The van der Waals surface area contributed by atoms with Crippen LogP contribution in [0.25, 0.3) is 0 Å². The number of carbonyl (C=O) groups excluding carboxylic acids is 2. The van der Waals surface area contributed by atoms with Crippen molar-refractivity contribution in [2.75, 3.05) is 27.2 Å². The minimum atomic E-state index is -0.886. The molecule has 0 aliphatic rings. The Morgan fingerprint density at radius 3 is 2.06 bits per heavy atom. The maximum atomic E-state index is 12.0. The van der Waals surface area contributed by atoms with Crippen molar-refractivity contribution < 1.29 is 9.59 Å².